The Bertz CT molecular complexity index is 874. The van der Waals surface area contributed by atoms with Gasteiger partial charge in [-0.1, -0.05) is 0 Å². The Morgan fingerprint density at radius 2 is 2.00 bits per heavy atom. The molecule has 0 N–H and O–H groups in total. The summed E-state index contributed by atoms with van der Waals surface area (Å²) >= 11 is 1.07. The van der Waals surface area contributed by atoms with Crippen LogP contribution < -0.4 is 0 Å². The quantitative estimate of drug-likeness (QED) is 0.582. The first-order chi connectivity index (χ1) is 11.4. The molecule has 3 rings (SSSR count). The van der Waals surface area contributed by atoms with Gasteiger partial charge in [0.15, 0.2) is 5.16 Å². The van der Waals surface area contributed by atoms with Crippen LogP contribution in [0.1, 0.15) is 12.8 Å². The predicted octanol–water partition coefficient (Wildman–Crippen LogP) is 1.66. The van der Waals surface area contributed by atoms with Crippen molar-refractivity contribution < 1.29 is 13.3 Å². The van der Waals surface area contributed by atoms with Crippen LogP contribution in [0.3, 0.4) is 0 Å². The summed E-state index contributed by atoms with van der Waals surface area (Å²) in [5.41, 5.74) is -0.261. The zero-order valence-electron chi connectivity index (χ0n) is 12.8. The molecule has 0 radical (unpaired) electrons. The van der Waals surface area contributed by atoms with Gasteiger partial charge in [-0.2, -0.15) is 4.31 Å². The summed E-state index contributed by atoms with van der Waals surface area (Å²) < 4.78 is 28.1. The standard InChI is InChI=1S/C13H15N5O4S2/c1-16-9-14-15-13(16)23-12-5-4-10(8-11(12)18(19)20)24(21,22)17-6-2-3-7-17/h4-5,8-9H,2-3,6-7H2,1H3. The maximum absolute atomic E-state index is 12.6. The van der Waals surface area contributed by atoms with Crippen molar-refractivity contribution in [3.8, 4) is 0 Å². The molecule has 1 aliphatic rings. The third kappa shape index (κ3) is 3.14. The highest BCUT2D eigenvalue weighted by molar-refractivity contribution is 7.99. The summed E-state index contributed by atoms with van der Waals surface area (Å²) in [5.74, 6) is 0. The Hall–Kier alpha value is -1.98. The van der Waals surface area contributed by atoms with Crippen molar-refractivity contribution in [1.29, 1.82) is 0 Å². The van der Waals surface area contributed by atoms with Gasteiger partial charge in [0.1, 0.15) is 6.33 Å². The van der Waals surface area contributed by atoms with Crippen molar-refractivity contribution in [3.05, 3.63) is 34.6 Å². The number of nitrogens with zero attached hydrogens (tertiary/aromatic N) is 5. The molecule has 1 saturated heterocycles. The molecular formula is C13H15N5O4S2. The molecule has 128 valence electrons. The Kier molecular flexibility index (Phi) is 4.56. The first-order valence-corrected chi connectivity index (χ1v) is 9.45. The third-order valence-electron chi connectivity index (χ3n) is 3.70. The van der Waals surface area contributed by atoms with E-state index in [1.54, 1.807) is 11.6 Å². The SMILES string of the molecule is Cn1cnnc1Sc1ccc(S(=O)(=O)N2CCCC2)cc1[N+](=O)[O-]. The van der Waals surface area contributed by atoms with Crippen molar-refractivity contribution in [2.24, 2.45) is 7.05 Å². The number of sulfonamides is 1. The molecule has 0 bridgehead atoms. The van der Waals surface area contributed by atoms with E-state index in [-0.39, 0.29) is 10.6 Å². The van der Waals surface area contributed by atoms with Crippen LogP contribution in [-0.4, -0.2) is 45.5 Å². The molecule has 1 aromatic heterocycles. The first-order valence-electron chi connectivity index (χ1n) is 7.20. The van der Waals surface area contributed by atoms with Gasteiger partial charge in [-0.3, -0.25) is 10.1 Å². The summed E-state index contributed by atoms with van der Waals surface area (Å²) in [6, 6.07) is 3.96. The summed E-state index contributed by atoms with van der Waals surface area (Å²) in [6.45, 7) is 0.900. The van der Waals surface area contributed by atoms with Gasteiger partial charge in [-0.05, 0) is 36.7 Å². The minimum Gasteiger partial charge on any atom is -0.311 e. The number of rotatable bonds is 5. The van der Waals surface area contributed by atoms with E-state index in [2.05, 4.69) is 10.2 Å². The fourth-order valence-corrected chi connectivity index (χ4v) is 4.82. The van der Waals surface area contributed by atoms with Crippen molar-refractivity contribution in [2.75, 3.05) is 13.1 Å². The fourth-order valence-electron chi connectivity index (χ4n) is 2.43. The lowest BCUT2D eigenvalue weighted by Gasteiger charge is -2.15. The molecule has 1 aromatic carbocycles. The molecule has 11 heteroatoms. The largest absolute Gasteiger partial charge is 0.311 e. The second kappa shape index (κ2) is 6.49. The molecule has 2 aromatic rings. The molecule has 9 nitrogen and oxygen atoms in total. The smallest absolute Gasteiger partial charge is 0.284 e. The topological polar surface area (TPSA) is 111 Å². The van der Waals surface area contributed by atoms with Crippen molar-refractivity contribution >= 4 is 27.5 Å². The number of benzene rings is 1. The van der Waals surface area contributed by atoms with Gasteiger partial charge in [-0.15, -0.1) is 10.2 Å². The van der Waals surface area contributed by atoms with Gasteiger partial charge in [0.25, 0.3) is 5.69 Å². The lowest BCUT2D eigenvalue weighted by Crippen LogP contribution is -2.27. The maximum Gasteiger partial charge on any atom is 0.284 e. The highest BCUT2D eigenvalue weighted by Crippen LogP contribution is 2.35. The summed E-state index contributed by atoms with van der Waals surface area (Å²) in [7, 11) is -1.97. The number of aromatic nitrogens is 3. The van der Waals surface area contributed by atoms with Gasteiger partial charge in [0, 0.05) is 26.2 Å². The zero-order valence-corrected chi connectivity index (χ0v) is 14.5. The summed E-state index contributed by atoms with van der Waals surface area (Å²) in [5, 5.41) is 19.5. The van der Waals surface area contributed by atoms with E-state index < -0.39 is 14.9 Å². The Labute approximate surface area is 142 Å². The second-order valence-corrected chi connectivity index (χ2v) is 8.27. The van der Waals surface area contributed by atoms with E-state index in [0.717, 1.165) is 30.7 Å². The van der Waals surface area contributed by atoms with E-state index >= 15 is 0 Å². The Balaban J connectivity index is 1.98. The zero-order chi connectivity index (χ0) is 17.3. The van der Waals surface area contributed by atoms with Gasteiger partial charge < -0.3 is 4.57 Å². The third-order valence-corrected chi connectivity index (χ3v) is 6.71. The number of aryl methyl sites for hydroxylation is 1. The number of nitro groups is 1. The van der Waals surface area contributed by atoms with E-state index in [1.807, 2.05) is 0 Å². The lowest BCUT2D eigenvalue weighted by molar-refractivity contribution is -0.388. The highest BCUT2D eigenvalue weighted by atomic mass is 32.2. The number of hydrogen-bond donors (Lipinski definition) is 0. The number of nitro benzene ring substituents is 1. The van der Waals surface area contributed by atoms with Crippen LogP contribution in [0.2, 0.25) is 0 Å². The monoisotopic (exact) mass is 369 g/mol. The molecular weight excluding hydrogens is 354 g/mol. The van der Waals surface area contributed by atoms with Crippen molar-refractivity contribution in [3.63, 3.8) is 0 Å². The highest BCUT2D eigenvalue weighted by Gasteiger charge is 2.29. The van der Waals surface area contributed by atoms with E-state index in [1.165, 1.54) is 22.8 Å². The molecule has 1 fully saturated rings. The first kappa shape index (κ1) is 16.9. The van der Waals surface area contributed by atoms with E-state index in [4.69, 9.17) is 0 Å². The number of hydrogen-bond acceptors (Lipinski definition) is 7. The van der Waals surface area contributed by atoms with Crippen LogP contribution in [0.5, 0.6) is 0 Å². The summed E-state index contributed by atoms with van der Waals surface area (Å²) in [6.07, 6.45) is 3.10. The van der Waals surface area contributed by atoms with Gasteiger partial charge in [0.2, 0.25) is 10.0 Å². The normalized spacial score (nSPS) is 15.7. The summed E-state index contributed by atoms with van der Waals surface area (Å²) in [4.78, 5) is 11.1. The molecule has 0 aliphatic carbocycles. The van der Waals surface area contributed by atoms with Crippen LogP contribution >= 0.6 is 11.8 Å². The van der Waals surface area contributed by atoms with E-state index in [9.17, 15) is 18.5 Å². The van der Waals surface area contributed by atoms with Crippen molar-refractivity contribution in [2.45, 2.75) is 27.8 Å². The van der Waals surface area contributed by atoms with Crippen LogP contribution in [0.25, 0.3) is 0 Å². The van der Waals surface area contributed by atoms with Crippen LogP contribution in [-0.2, 0) is 17.1 Å². The van der Waals surface area contributed by atoms with Gasteiger partial charge >= 0.3 is 0 Å². The Morgan fingerprint density at radius 3 is 2.58 bits per heavy atom. The van der Waals surface area contributed by atoms with Gasteiger partial charge in [0.05, 0.1) is 14.7 Å². The van der Waals surface area contributed by atoms with Crippen LogP contribution in [0, 0.1) is 10.1 Å². The minimum absolute atomic E-state index is 0.0570. The van der Waals surface area contributed by atoms with E-state index in [0.29, 0.717) is 23.1 Å². The maximum atomic E-state index is 12.6. The predicted molar refractivity (Wildman–Crippen MR) is 86.2 cm³/mol. The molecule has 1 aliphatic heterocycles. The minimum atomic E-state index is -3.70. The molecule has 0 amide bonds. The average Bonchev–Trinajstić information content (AvgIpc) is 3.20. The van der Waals surface area contributed by atoms with Crippen LogP contribution in [0.4, 0.5) is 5.69 Å². The molecule has 2 heterocycles. The Morgan fingerprint density at radius 1 is 1.29 bits per heavy atom. The molecule has 0 spiro atoms. The molecule has 0 unspecified atom stereocenters. The fraction of sp³-hybridized carbons (Fsp3) is 0.385. The van der Waals surface area contributed by atoms with Crippen molar-refractivity contribution in [1.82, 2.24) is 19.1 Å². The molecule has 0 saturated carbocycles. The van der Waals surface area contributed by atoms with Crippen LogP contribution in [0.15, 0.2) is 39.5 Å². The second-order valence-electron chi connectivity index (χ2n) is 5.32. The molecule has 24 heavy (non-hydrogen) atoms. The lowest BCUT2D eigenvalue weighted by atomic mass is 10.3. The van der Waals surface area contributed by atoms with Gasteiger partial charge in [-0.25, -0.2) is 8.42 Å². The molecule has 0 atom stereocenters. The average molecular weight is 369 g/mol.